The van der Waals surface area contributed by atoms with Gasteiger partial charge in [0.1, 0.15) is 19.3 Å². The zero-order valence-corrected chi connectivity index (χ0v) is 69.4. The number of esters is 4. The van der Waals surface area contributed by atoms with Gasteiger partial charge >= 0.3 is 39.5 Å². The van der Waals surface area contributed by atoms with E-state index < -0.39 is 97.5 Å². The summed E-state index contributed by atoms with van der Waals surface area (Å²) in [6.45, 7) is 9.61. The van der Waals surface area contributed by atoms with Crippen molar-refractivity contribution in [3.8, 4) is 0 Å². The molecule has 0 radical (unpaired) electrons. The minimum Gasteiger partial charge on any atom is -0.462 e. The van der Waals surface area contributed by atoms with Gasteiger partial charge in [-0.2, -0.15) is 0 Å². The molecule has 3 N–H and O–H groups in total. The summed E-state index contributed by atoms with van der Waals surface area (Å²) in [5.74, 6) is -0.613. The monoisotopic (exact) mass is 1510 g/mol. The standard InChI is InChI=1S/C84H164O17P2/c1-7-10-12-14-16-18-20-22-24-26-28-29-30-31-33-35-37-39-41-50-56-62-68-83(88)100-79(72-94-81(86)66-60-54-48-40-38-36-34-32-27-25-23-21-19-17-15-13-11-8-2)74-98-102(90,91)96-70-78(85)71-97-103(92,93)99-75-80(73-95-82(87)67-61-55-49-44-42-46-52-58-64-76(4)5)101-84(89)69-63-57-51-45-43-47-53-59-65-77(6)9-3/h76-80,85H,7-75H2,1-6H3,(H,90,91)(H,92,93)/t77?,78-,79-,80-/m1/s1. The molecule has 0 saturated carbocycles. The van der Waals surface area contributed by atoms with E-state index in [2.05, 4.69) is 41.5 Å². The van der Waals surface area contributed by atoms with Crippen molar-refractivity contribution in [1.29, 1.82) is 0 Å². The van der Waals surface area contributed by atoms with Crippen molar-refractivity contribution in [1.82, 2.24) is 0 Å². The molecule has 0 aliphatic heterocycles. The van der Waals surface area contributed by atoms with E-state index in [0.717, 1.165) is 102 Å². The van der Waals surface area contributed by atoms with E-state index in [1.54, 1.807) is 0 Å². The van der Waals surface area contributed by atoms with Crippen molar-refractivity contribution >= 4 is 39.5 Å². The van der Waals surface area contributed by atoms with Crippen molar-refractivity contribution in [2.75, 3.05) is 39.6 Å². The Hall–Kier alpha value is -1.94. The minimum absolute atomic E-state index is 0.105. The Balaban J connectivity index is 5.22. The number of unbranched alkanes of at least 4 members (excludes halogenated alkanes) is 52. The molecule has 17 nitrogen and oxygen atoms in total. The number of ether oxygens (including phenoxy) is 4. The summed E-state index contributed by atoms with van der Waals surface area (Å²) in [4.78, 5) is 73.1. The topological polar surface area (TPSA) is 237 Å². The second-order valence-electron chi connectivity index (χ2n) is 30.9. The van der Waals surface area contributed by atoms with E-state index >= 15 is 0 Å². The van der Waals surface area contributed by atoms with Crippen LogP contribution in [0.25, 0.3) is 0 Å². The SMILES string of the molecule is CCCCCCCCCCCCCCCCCCCCCCCCC(=O)O[C@H](COC(=O)CCCCCCCCCCCCCCCCCCCC)COP(=O)(O)OC[C@@H](O)COP(=O)(O)OC[C@@H](COC(=O)CCCCCCCCCCC(C)C)OC(=O)CCCCCCCCCCC(C)CC. The molecule has 612 valence electrons. The van der Waals surface area contributed by atoms with Crippen molar-refractivity contribution in [3.05, 3.63) is 0 Å². The van der Waals surface area contributed by atoms with Crippen LogP contribution in [0.15, 0.2) is 0 Å². The molecule has 103 heavy (non-hydrogen) atoms. The van der Waals surface area contributed by atoms with Crippen LogP contribution in [0.5, 0.6) is 0 Å². The molecular weight excluding hydrogens is 1340 g/mol. The van der Waals surface area contributed by atoms with Crippen molar-refractivity contribution in [3.63, 3.8) is 0 Å². The van der Waals surface area contributed by atoms with E-state index in [1.807, 2.05) is 0 Å². The molecule has 0 aliphatic rings. The third-order valence-corrected chi connectivity index (χ3v) is 22.0. The molecule has 0 aromatic rings. The van der Waals surface area contributed by atoms with E-state index in [9.17, 15) is 43.2 Å². The summed E-state index contributed by atoms with van der Waals surface area (Å²) in [5, 5.41) is 10.7. The molecule has 0 spiro atoms. The number of rotatable bonds is 83. The van der Waals surface area contributed by atoms with Gasteiger partial charge in [-0.25, -0.2) is 9.13 Å². The number of phosphoric ester groups is 2. The summed E-state index contributed by atoms with van der Waals surface area (Å²) < 4.78 is 68.8. The normalized spacial score (nSPS) is 14.1. The summed E-state index contributed by atoms with van der Waals surface area (Å²) in [5.41, 5.74) is 0. The van der Waals surface area contributed by atoms with Gasteiger partial charge in [-0.1, -0.05) is 395 Å². The van der Waals surface area contributed by atoms with Crippen LogP contribution < -0.4 is 0 Å². The number of hydrogen-bond acceptors (Lipinski definition) is 15. The first-order valence-corrected chi connectivity index (χ1v) is 46.5. The average Bonchev–Trinajstić information content (AvgIpc) is 0.910. The number of aliphatic hydroxyl groups is 1. The van der Waals surface area contributed by atoms with Crippen molar-refractivity contribution < 1.29 is 80.2 Å². The Morgan fingerprint density at radius 2 is 0.495 bits per heavy atom. The molecule has 0 amide bonds. The highest BCUT2D eigenvalue weighted by Crippen LogP contribution is 2.45. The van der Waals surface area contributed by atoms with Crippen LogP contribution in [-0.4, -0.2) is 96.7 Å². The lowest BCUT2D eigenvalue weighted by atomic mass is 9.99. The maximum absolute atomic E-state index is 13.1. The minimum atomic E-state index is -4.96. The smallest absolute Gasteiger partial charge is 0.462 e. The quantitative estimate of drug-likeness (QED) is 0.0222. The predicted molar refractivity (Wildman–Crippen MR) is 423 cm³/mol. The lowest BCUT2D eigenvalue weighted by molar-refractivity contribution is -0.161. The van der Waals surface area contributed by atoms with Crippen LogP contribution in [0.1, 0.15) is 446 Å². The molecular formula is C84H164O17P2. The van der Waals surface area contributed by atoms with E-state index in [-0.39, 0.29) is 25.7 Å². The van der Waals surface area contributed by atoms with Crippen molar-refractivity contribution in [2.24, 2.45) is 11.8 Å². The van der Waals surface area contributed by atoms with Gasteiger partial charge in [-0.15, -0.1) is 0 Å². The Morgan fingerprint density at radius 3 is 0.738 bits per heavy atom. The van der Waals surface area contributed by atoms with Crippen LogP contribution in [0.2, 0.25) is 0 Å². The number of hydrogen-bond donors (Lipinski definition) is 3. The molecule has 0 fully saturated rings. The van der Waals surface area contributed by atoms with E-state index in [0.29, 0.717) is 25.7 Å². The third kappa shape index (κ3) is 76.6. The maximum atomic E-state index is 13.1. The van der Waals surface area contributed by atoms with E-state index in [4.69, 9.17) is 37.0 Å². The molecule has 19 heteroatoms. The predicted octanol–water partition coefficient (Wildman–Crippen LogP) is 25.5. The van der Waals surface area contributed by atoms with Crippen LogP contribution in [-0.2, 0) is 65.4 Å². The highest BCUT2D eigenvalue weighted by molar-refractivity contribution is 7.47. The van der Waals surface area contributed by atoms with Gasteiger partial charge in [0.05, 0.1) is 26.4 Å². The molecule has 6 atom stereocenters. The van der Waals surface area contributed by atoms with Gasteiger partial charge in [0.15, 0.2) is 12.2 Å². The zero-order chi connectivity index (χ0) is 75.6. The first-order valence-electron chi connectivity index (χ1n) is 43.5. The molecule has 0 saturated heterocycles. The molecule has 0 bridgehead atoms. The van der Waals surface area contributed by atoms with Crippen LogP contribution in [0.3, 0.4) is 0 Å². The van der Waals surface area contributed by atoms with Crippen LogP contribution in [0.4, 0.5) is 0 Å². The Morgan fingerprint density at radius 1 is 0.282 bits per heavy atom. The molecule has 0 rings (SSSR count). The van der Waals surface area contributed by atoms with Gasteiger partial charge in [-0.3, -0.25) is 37.3 Å². The van der Waals surface area contributed by atoms with Gasteiger partial charge in [0, 0.05) is 25.7 Å². The molecule has 0 aliphatic carbocycles. The van der Waals surface area contributed by atoms with Crippen molar-refractivity contribution in [2.45, 2.75) is 464 Å². The summed E-state index contributed by atoms with van der Waals surface area (Å²) >= 11 is 0. The lowest BCUT2D eigenvalue weighted by Gasteiger charge is -2.21. The second-order valence-corrected chi connectivity index (χ2v) is 33.8. The zero-order valence-electron chi connectivity index (χ0n) is 67.6. The number of aliphatic hydroxyl groups excluding tert-OH is 1. The van der Waals surface area contributed by atoms with Crippen LogP contribution in [0, 0.1) is 11.8 Å². The fourth-order valence-electron chi connectivity index (χ4n) is 13.0. The molecule has 3 unspecified atom stereocenters. The highest BCUT2D eigenvalue weighted by atomic mass is 31.2. The van der Waals surface area contributed by atoms with Gasteiger partial charge in [-0.05, 0) is 37.5 Å². The lowest BCUT2D eigenvalue weighted by Crippen LogP contribution is -2.30. The molecule has 0 aromatic carbocycles. The second kappa shape index (κ2) is 75.5. The largest absolute Gasteiger partial charge is 0.472 e. The first-order chi connectivity index (χ1) is 49.9. The van der Waals surface area contributed by atoms with E-state index in [1.165, 1.54) is 263 Å². The summed E-state index contributed by atoms with van der Waals surface area (Å²) in [6, 6.07) is 0. The Bertz CT molecular complexity index is 1980. The maximum Gasteiger partial charge on any atom is 0.472 e. The first kappa shape index (κ1) is 101. The summed E-state index contributed by atoms with van der Waals surface area (Å²) in [6.07, 6.45) is 66.8. The highest BCUT2D eigenvalue weighted by Gasteiger charge is 2.30. The molecule has 0 aromatic heterocycles. The number of carbonyl (C=O) groups excluding carboxylic acids is 4. The number of carbonyl (C=O) groups is 4. The van der Waals surface area contributed by atoms with Gasteiger partial charge in [0.25, 0.3) is 0 Å². The van der Waals surface area contributed by atoms with Gasteiger partial charge < -0.3 is 33.8 Å². The summed E-state index contributed by atoms with van der Waals surface area (Å²) in [7, 11) is -9.92. The third-order valence-electron chi connectivity index (χ3n) is 20.1. The number of phosphoric acid groups is 2. The Labute approximate surface area is 632 Å². The Kier molecular flexibility index (Phi) is 74.1. The van der Waals surface area contributed by atoms with Gasteiger partial charge in [0.2, 0.25) is 0 Å². The fraction of sp³-hybridized carbons (Fsp3) is 0.952. The fourth-order valence-corrected chi connectivity index (χ4v) is 14.6. The molecule has 0 heterocycles. The van der Waals surface area contributed by atoms with Crippen LogP contribution >= 0.6 is 15.6 Å². The average molecular weight is 1510 g/mol.